The summed E-state index contributed by atoms with van der Waals surface area (Å²) in [6.07, 6.45) is 1.11. The van der Waals surface area contributed by atoms with Crippen LogP contribution in [0.4, 0.5) is 0 Å². The lowest BCUT2D eigenvalue weighted by Gasteiger charge is -2.22. The van der Waals surface area contributed by atoms with E-state index >= 15 is 0 Å². The molecule has 3 heteroatoms. The molecule has 0 aromatic heterocycles. The van der Waals surface area contributed by atoms with E-state index in [9.17, 15) is 0 Å². The second-order valence-electron chi connectivity index (χ2n) is 3.21. The van der Waals surface area contributed by atoms with Gasteiger partial charge in [-0.2, -0.15) is 0 Å². The van der Waals surface area contributed by atoms with Gasteiger partial charge in [0.1, 0.15) is 0 Å². The first kappa shape index (κ1) is 8.97. The van der Waals surface area contributed by atoms with Crippen molar-refractivity contribution >= 4 is 0 Å². The van der Waals surface area contributed by atoms with E-state index in [1.807, 2.05) is 13.8 Å². The molecule has 1 unspecified atom stereocenters. The fourth-order valence-electron chi connectivity index (χ4n) is 1.04. The summed E-state index contributed by atoms with van der Waals surface area (Å²) in [6.45, 7) is 5.19. The number of rotatable bonds is 1. The minimum Gasteiger partial charge on any atom is -0.379 e. The highest BCUT2D eigenvalue weighted by Crippen LogP contribution is 2.17. The van der Waals surface area contributed by atoms with Crippen LogP contribution in [0.3, 0.4) is 0 Å². The summed E-state index contributed by atoms with van der Waals surface area (Å²) in [5.41, 5.74) is 0. The number of hydrogen-bond donors (Lipinski definition) is 0. The van der Waals surface area contributed by atoms with Gasteiger partial charge in [0.05, 0.1) is 19.3 Å². The Morgan fingerprint density at radius 3 is 2.73 bits per heavy atom. The van der Waals surface area contributed by atoms with Crippen molar-refractivity contribution in [1.82, 2.24) is 0 Å². The lowest BCUT2D eigenvalue weighted by Crippen LogP contribution is -2.28. The van der Waals surface area contributed by atoms with Crippen LogP contribution in [-0.2, 0) is 14.2 Å². The van der Waals surface area contributed by atoms with Crippen molar-refractivity contribution < 1.29 is 14.2 Å². The third kappa shape index (κ3) is 2.77. The van der Waals surface area contributed by atoms with E-state index in [0.29, 0.717) is 13.2 Å². The Hall–Kier alpha value is -0.120. The van der Waals surface area contributed by atoms with Gasteiger partial charge in [-0.25, -0.2) is 0 Å². The quantitative estimate of drug-likeness (QED) is 0.576. The monoisotopic (exact) mass is 160 g/mol. The van der Waals surface area contributed by atoms with Crippen LogP contribution in [0.15, 0.2) is 0 Å². The molecule has 0 bridgehead atoms. The number of methoxy groups -OCH3 is 1. The first-order valence-electron chi connectivity index (χ1n) is 3.95. The van der Waals surface area contributed by atoms with Gasteiger partial charge >= 0.3 is 0 Å². The van der Waals surface area contributed by atoms with Crippen molar-refractivity contribution in [2.75, 3.05) is 20.3 Å². The molecule has 1 atom stereocenters. The summed E-state index contributed by atoms with van der Waals surface area (Å²) in [5.74, 6) is -0.437. The van der Waals surface area contributed by atoms with Crippen molar-refractivity contribution in [3.8, 4) is 0 Å². The summed E-state index contributed by atoms with van der Waals surface area (Å²) in [6, 6.07) is 0. The van der Waals surface area contributed by atoms with Crippen LogP contribution in [0, 0.1) is 0 Å². The molecule has 0 N–H and O–H groups in total. The van der Waals surface area contributed by atoms with Crippen LogP contribution in [0.25, 0.3) is 0 Å². The minimum atomic E-state index is -0.437. The van der Waals surface area contributed by atoms with Crippen molar-refractivity contribution in [1.29, 1.82) is 0 Å². The predicted molar refractivity (Wildman–Crippen MR) is 41.4 cm³/mol. The molecular formula is C8H16O3. The van der Waals surface area contributed by atoms with Gasteiger partial charge in [0.2, 0.25) is 0 Å². The molecule has 11 heavy (non-hydrogen) atoms. The average Bonchev–Trinajstić information content (AvgIpc) is 2.10. The standard InChI is InChI=1S/C8H16O3/c1-8(2)10-5-4-7(9-3)6-11-8/h7H,4-6H2,1-3H3. The van der Waals surface area contributed by atoms with E-state index < -0.39 is 5.79 Å². The van der Waals surface area contributed by atoms with E-state index in [1.54, 1.807) is 7.11 Å². The maximum absolute atomic E-state index is 5.45. The lowest BCUT2D eigenvalue weighted by molar-refractivity contribution is -0.203. The summed E-state index contributed by atoms with van der Waals surface area (Å²) >= 11 is 0. The molecule has 0 saturated carbocycles. The van der Waals surface area contributed by atoms with Crippen LogP contribution in [-0.4, -0.2) is 32.2 Å². The molecule has 1 saturated heterocycles. The Labute approximate surface area is 67.6 Å². The van der Waals surface area contributed by atoms with E-state index in [4.69, 9.17) is 14.2 Å². The Morgan fingerprint density at radius 2 is 2.09 bits per heavy atom. The summed E-state index contributed by atoms with van der Waals surface area (Å²) in [4.78, 5) is 0. The molecule has 1 aliphatic rings. The van der Waals surface area contributed by atoms with Gasteiger partial charge in [-0.3, -0.25) is 0 Å². The first-order chi connectivity index (χ1) is 5.14. The normalized spacial score (nSPS) is 31.4. The fourth-order valence-corrected chi connectivity index (χ4v) is 1.04. The zero-order chi connectivity index (χ0) is 8.32. The topological polar surface area (TPSA) is 27.7 Å². The fraction of sp³-hybridized carbons (Fsp3) is 1.00. The van der Waals surface area contributed by atoms with Gasteiger partial charge < -0.3 is 14.2 Å². The molecule has 0 aromatic carbocycles. The summed E-state index contributed by atoms with van der Waals surface area (Å²) < 4.78 is 16.0. The highest BCUT2D eigenvalue weighted by molar-refractivity contribution is 4.65. The van der Waals surface area contributed by atoms with Gasteiger partial charge in [0.15, 0.2) is 5.79 Å². The van der Waals surface area contributed by atoms with Gasteiger partial charge in [-0.05, 0) is 20.3 Å². The smallest absolute Gasteiger partial charge is 0.162 e. The zero-order valence-electron chi connectivity index (χ0n) is 7.42. The van der Waals surface area contributed by atoms with E-state index in [-0.39, 0.29) is 6.10 Å². The molecule has 1 aliphatic heterocycles. The molecule has 0 spiro atoms. The molecular weight excluding hydrogens is 144 g/mol. The Bertz CT molecular complexity index is 123. The van der Waals surface area contributed by atoms with E-state index in [1.165, 1.54) is 0 Å². The van der Waals surface area contributed by atoms with Crippen molar-refractivity contribution in [3.63, 3.8) is 0 Å². The molecule has 1 rings (SSSR count). The minimum absolute atomic E-state index is 0.191. The molecule has 1 fully saturated rings. The van der Waals surface area contributed by atoms with Crippen LogP contribution in [0.5, 0.6) is 0 Å². The largest absolute Gasteiger partial charge is 0.379 e. The van der Waals surface area contributed by atoms with Crippen molar-refractivity contribution in [3.05, 3.63) is 0 Å². The van der Waals surface area contributed by atoms with E-state index in [2.05, 4.69) is 0 Å². The maximum atomic E-state index is 5.45. The molecule has 3 nitrogen and oxygen atoms in total. The second-order valence-corrected chi connectivity index (χ2v) is 3.21. The van der Waals surface area contributed by atoms with Gasteiger partial charge in [-0.1, -0.05) is 0 Å². The average molecular weight is 160 g/mol. The van der Waals surface area contributed by atoms with Crippen molar-refractivity contribution in [2.24, 2.45) is 0 Å². The molecule has 66 valence electrons. The Morgan fingerprint density at radius 1 is 1.36 bits per heavy atom. The van der Waals surface area contributed by atoms with Crippen LogP contribution < -0.4 is 0 Å². The molecule has 0 amide bonds. The maximum Gasteiger partial charge on any atom is 0.162 e. The van der Waals surface area contributed by atoms with E-state index in [0.717, 1.165) is 6.42 Å². The van der Waals surface area contributed by atoms with Crippen molar-refractivity contribution in [2.45, 2.75) is 32.2 Å². The third-order valence-corrected chi connectivity index (χ3v) is 1.84. The van der Waals surface area contributed by atoms with Gasteiger partial charge in [0.25, 0.3) is 0 Å². The number of hydrogen-bond acceptors (Lipinski definition) is 3. The molecule has 0 aliphatic carbocycles. The summed E-state index contributed by atoms with van der Waals surface area (Å²) in [5, 5.41) is 0. The van der Waals surface area contributed by atoms with Crippen LogP contribution in [0.1, 0.15) is 20.3 Å². The Kier molecular flexibility index (Phi) is 2.87. The first-order valence-corrected chi connectivity index (χ1v) is 3.95. The highest BCUT2D eigenvalue weighted by atomic mass is 16.7. The summed E-state index contributed by atoms with van der Waals surface area (Å²) in [7, 11) is 1.70. The Balaban J connectivity index is 2.39. The highest BCUT2D eigenvalue weighted by Gasteiger charge is 2.25. The van der Waals surface area contributed by atoms with Gasteiger partial charge in [-0.15, -0.1) is 0 Å². The molecule has 0 aromatic rings. The lowest BCUT2D eigenvalue weighted by atomic mass is 10.3. The molecule has 1 heterocycles. The van der Waals surface area contributed by atoms with Crippen LogP contribution >= 0.6 is 0 Å². The van der Waals surface area contributed by atoms with Crippen LogP contribution in [0.2, 0.25) is 0 Å². The predicted octanol–water partition coefficient (Wildman–Crippen LogP) is 1.17. The third-order valence-electron chi connectivity index (χ3n) is 1.84. The second kappa shape index (κ2) is 3.52. The number of ether oxygens (including phenoxy) is 3. The molecule has 0 radical (unpaired) electrons. The zero-order valence-corrected chi connectivity index (χ0v) is 7.42. The van der Waals surface area contributed by atoms with Gasteiger partial charge in [0, 0.05) is 7.11 Å². The SMILES string of the molecule is COC1CCOC(C)(C)OC1.